The molecule has 2 aromatic rings. The van der Waals surface area contributed by atoms with Gasteiger partial charge in [-0.25, -0.2) is 8.78 Å². The Hall–Kier alpha value is -1.88. The molecule has 94 valence electrons. The van der Waals surface area contributed by atoms with Crippen LogP contribution in [0.4, 0.5) is 8.78 Å². The van der Waals surface area contributed by atoms with Crippen LogP contribution in [0.5, 0.6) is 0 Å². The summed E-state index contributed by atoms with van der Waals surface area (Å²) in [7, 11) is 0. The van der Waals surface area contributed by atoms with Gasteiger partial charge in [-0.2, -0.15) is 0 Å². The number of aromatic nitrogens is 2. The lowest BCUT2D eigenvalue weighted by molar-refractivity contribution is 0.500. The average molecular weight is 249 g/mol. The topological polar surface area (TPSA) is 37.8 Å². The Balaban J connectivity index is 1.99. The number of rotatable bonds is 4. The van der Waals surface area contributed by atoms with Gasteiger partial charge in [0.15, 0.2) is 11.6 Å². The normalized spacial score (nSPS) is 12.4. The first-order valence-electron chi connectivity index (χ1n) is 5.60. The summed E-state index contributed by atoms with van der Waals surface area (Å²) in [6.45, 7) is 2.40. The minimum absolute atomic E-state index is 0.0953. The van der Waals surface area contributed by atoms with Crippen LogP contribution in [-0.2, 0) is 6.54 Å². The molecule has 3 nitrogen and oxygen atoms in total. The van der Waals surface area contributed by atoms with Gasteiger partial charge in [0.25, 0.3) is 0 Å². The molecule has 18 heavy (non-hydrogen) atoms. The van der Waals surface area contributed by atoms with E-state index in [1.54, 1.807) is 24.7 Å². The highest BCUT2D eigenvalue weighted by Gasteiger charge is 2.08. The summed E-state index contributed by atoms with van der Waals surface area (Å²) >= 11 is 0. The third-order valence-electron chi connectivity index (χ3n) is 2.65. The van der Waals surface area contributed by atoms with Crippen LogP contribution in [0.25, 0.3) is 0 Å². The van der Waals surface area contributed by atoms with Crippen molar-refractivity contribution < 1.29 is 8.78 Å². The van der Waals surface area contributed by atoms with Gasteiger partial charge in [-0.05, 0) is 24.6 Å². The van der Waals surface area contributed by atoms with Gasteiger partial charge in [-0.15, -0.1) is 0 Å². The minimum Gasteiger partial charge on any atom is -0.305 e. The van der Waals surface area contributed by atoms with E-state index in [-0.39, 0.29) is 6.04 Å². The van der Waals surface area contributed by atoms with Gasteiger partial charge >= 0.3 is 0 Å². The van der Waals surface area contributed by atoms with Gasteiger partial charge in [0.05, 0.1) is 5.69 Å². The molecule has 0 saturated heterocycles. The molecule has 1 N–H and O–H groups in total. The van der Waals surface area contributed by atoms with Crippen molar-refractivity contribution in [1.29, 1.82) is 0 Å². The number of benzene rings is 1. The molecule has 0 bridgehead atoms. The Morgan fingerprint density at radius 1 is 1.22 bits per heavy atom. The van der Waals surface area contributed by atoms with Crippen molar-refractivity contribution in [2.24, 2.45) is 0 Å². The van der Waals surface area contributed by atoms with Crippen LogP contribution < -0.4 is 5.32 Å². The Kier molecular flexibility index (Phi) is 3.94. The maximum Gasteiger partial charge on any atom is 0.159 e. The summed E-state index contributed by atoms with van der Waals surface area (Å²) in [6, 6.07) is 3.80. The SMILES string of the molecule is CC(NCc1cnccn1)c1ccc(F)c(F)c1. The number of hydrogen-bond donors (Lipinski definition) is 1. The molecule has 0 amide bonds. The van der Waals surface area contributed by atoms with E-state index in [2.05, 4.69) is 15.3 Å². The van der Waals surface area contributed by atoms with E-state index in [4.69, 9.17) is 0 Å². The lowest BCUT2D eigenvalue weighted by Crippen LogP contribution is -2.19. The second-order valence-electron chi connectivity index (χ2n) is 3.97. The van der Waals surface area contributed by atoms with Gasteiger partial charge in [-0.1, -0.05) is 6.07 Å². The molecule has 0 spiro atoms. The molecule has 2 rings (SSSR count). The van der Waals surface area contributed by atoms with Crippen LogP contribution in [-0.4, -0.2) is 9.97 Å². The zero-order valence-corrected chi connectivity index (χ0v) is 9.90. The molecule has 1 atom stereocenters. The molecule has 0 saturated carbocycles. The number of hydrogen-bond acceptors (Lipinski definition) is 3. The van der Waals surface area contributed by atoms with Crippen LogP contribution in [0.2, 0.25) is 0 Å². The van der Waals surface area contributed by atoms with Crippen molar-refractivity contribution in [3.8, 4) is 0 Å². The molecule has 1 aromatic heterocycles. The van der Waals surface area contributed by atoms with Crippen LogP contribution in [0.1, 0.15) is 24.2 Å². The number of halogens is 2. The highest BCUT2D eigenvalue weighted by atomic mass is 19.2. The summed E-state index contributed by atoms with van der Waals surface area (Å²) in [5, 5.41) is 3.17. The van der Waals surface area contributed by atoms with E-state index in [0.29, 0.717) is 12.1 Å². The molecule has 0 radical (unpaired) electrons. The van der Waals surface area contributed by atoms with Gasteiger partial charge in [0, 0.05) is 31.2 Å². The molecule has 1 unspecified atom stereocenters. The van der Waals surface area contributed by atoms with Crippen molar-refractivity contribution in [1.82, 2.24) is 15.3 Å². The second kappa shape index (κ2) is 5.64. The summed E-state index contributed by atoms with van der Waals surface area (Å²) < 4.78 is 25.9. The molecule has 0 aliphatic rings. The van der Waals surface area contributed by atoms with Crippen molar-refractivity contribution in [2.45, 2.75) is 19.5 Å². The molecule has 0 fully saturated rings. The maximum absolute atomic E-state index is 13.1. The Labute approximate surface area is 104 Å². The lowest BCUT2D eigenvalue weighted by Gasteiger charge is -2.14. The minimum atomic E-state index is -0.833. The molecule has 0 aliphatic heterocycles. The van der Waals surface area contributed by atoms with E-state index in [1.807, 2.05) is 6.92 Å². The third-order valence-corrected chi connectivity index (χ3v) is 2.65. The van der Waals surface area contributed by atoms with E-state index < -0.39 is 11.6 Å². The van der Waals surface area contributed by atoms with Crippen molar-refractivity contribution >= 4 is 0 Å². The summed E-state index contributed by atoms with van der Waals surface area (Å²) in [6.07, 6.45) is 4.87. The predicted octanol–water partition coefficient (Wildman–Crippen LogP) is 2.61. The Morgan fingerprint density at radius 2 is 2.06 bits per heavy atom. The van der Waals surface area contributed by atoms with Crippen LogP contribution in [0.15, 0.2) is 36.8 Å². The van der Waals surface area contributed by atoms with Crippen LogP contribution >= 0.6 is 0 Å². The van der Waals surface area contributed by atoms with E-state index >= 15 is 0 Å². The molecular weight excluding hydrogens is 236 g/mol. The fraction of sp³-hybridized carbons (Fsp3) is 0.231. The first-order valence-corrected chi connectivity index (χ1v) is 5.60. The van der Waals surface area contributed by atoms with Gasteiger partial charge in [0.2, 0.25) is 0 Å². The zero-order chi connectivity index (χ0) is 13.0. The first-order chi connectivity index (χ1) is 8.66. The van der Waals surface area contributed by atoms with Gasteiger partial charge in [0.1, 0.15) is 0 Å². The third kappa shape index (κ3) is 3.07. The molecule has 1 heterocycles. The van der Waals surface area contributed by atoms with Gasteiger partial charge < -0.3 is 5.32 Å². The standard InChI is InChI=1S/C13H13F2N3/c1-9(10-2-3-12(14)13(15)6-10)18-8-11-7-16-4-5-17-11/h2-7,9,18H,8H2,1H3. The highest BCUT2D eigenvalue weighted by molar-refractivity contribution is 5.20. The molecule has 5 heteroatoms. The Bertz CT molecular complexity index is 517. The maximum atomic E-state index is 13.1. The highest BCUT2D eigenvalue weighted by Crippen LogP contribution is 2.16. The van der Waals surface area contributed by atoms with Crippen molar-refractivity contribution in [3.63, 3.8) is 0 Å². The lowest BCUT2D eigenvalue weighted by atomic mass is 10.1. The largest absolute Gasteiger partial charge is 0.305 e. The quantitative estimate of drug-likeness (QED) is 0.905. The van der Waals surface area contributed by atoms with Crippen molar-refractivity contribution in [3.05, 3.63) is 59.7 Å². The summed E-state index contributed by atoms with van der Waals surface area (Å²) in [4.78, 5) is 8.07. The fourth-order valence-electron chi connectivity index (χ4n) is 1.58. The average Bonchev–Trinajstić information content (AvgIpc) is 2.40. The van der Waals surface area contributed by atoms with Crippen LogP contribution in [0.3, 0.4) is 0 Å². The Morgan fingerprint density at radius 3 is 2.72 bits per heavy atom. The molecular formula is C13H13F2N3. The molecule has 0 aliphatic carbocycles. The summed E-state index contributed by atoms with van der Waals surface area (Å²) in [5.74, 6) is -1.67. The number of nitrogens with zero attached hydrogens (tertiary/aromatic N) is 2. The van der Waals surface area contributed by atoms with E-state index in [0.717, 1.165) is 11.8 Å². The van der Waals surface area contributed by atoms with Crippen LogP contribution in [0, 0.1) is 11.6 Å². The first kappa shape index (κ1) is 12.6. The van der Waals surface area contributed by atoms with E-state index in [1.165, 1.54) is 6.07 Å². The van der Waals surface area contributed by atoms with Crippen molar-refractivity contribution in [2.75, 3.05) is 0 Å². The smallest absolute Gasteiger partial charge is 0.159 e. The molecule has 1 aromatic carbocycles. The number of nitrogens with one attached hydrogen (secondary N) is 1. The fourth-order valence-corrected chi connectivity index (χ4v) is 1.58. The zero-order valence-electron chi connectivity index (χ0n) is 9.90. The van der Waals surface area contributed by atoms with E-state index in [9.17, 15) is 8.78 Å². The van der Waals surface area contributed by atoms with Gasteiger partial charge in [-0.3, -0.25) is 9.97 Å². The second-order valence-corrected chi connectivity index (χ2v) is 3.97. The monoisotopic (exact) mass is 249 g/mol. The summed E-state index contributed by atoms with van der Waals surface area (Å²) in [5.41, 5.74) is 1.49. The predicted molar refractivity (Wildman–Crippen MR) is 63.6 cm³/mol.